The molecule has 0 fully saturated rings. The molecule has 3 aromatic rings. The highest BCUT2D eigenvalue weighted by Crippen LogP contribution is 2.23. The van der Waals surface area contributed by atoms with Crippen LogP contribution in [0.2, 0.25) is 0 Å². The van der Waals surface area contributed by atoms with Crippen LogP contribution in [0.15, 0.2) is 48.7 Å². The highest BCUT2D eigenvalue weighted by atomic mass is 16.5. The van der Waals surface area contributed by atoms with Gasteiger partial charge in [-0.1, -0.05) is 24.1 Å². The second-order valence-corrected chi connectivity index (χ2v) is 6.86. The van der Waals surface area contributed by atoms with Gasteiger partial charge >= 0.3 is 5.97 Å². The Morgan fingerprint density at radius 2 is 2.03 bits per heavy atom. The minimum atomic E-state index is -0.861. The highest BCUT2D eigenvalue weighted by Gasteiger charge is 2.13. The van der Waals surface area contributed by atoms with Crippen LogP contribution in [0.4, 0.5) is 0 Å². The summed E-state index contributed by atoms with van der Waals surface area (Å²) in [4.78, 5) is 11.0. The third-order valence-electron chi connectivity index (χ3n) is 4.74. The molecule has 1 N–H and O–H groups in total. The molecule has 0 aliphatic rings. The molecule has 0 spiro atoms. The van der Waals surface area contributed by atoms with E-state index in [-0.39, 0.29) is 12.3 Å². The van der Waals surface area contributed by atoms with Crippen LogP contribution in [0.3, 0.4) is 0 Å². The van der Waals surface area contributed by atoms with E-state index in [0.717, 1.165) is 34.3 Å². The quantitative estimate of drug-likeness (QED) is 0.403. The van der Waals surface area contributed by atoms with Crippen molar-refractivity contribution in [2.75, 3.05) is 13.2 Å². The van der Waals surface area contributed by atoms with Crippen molar-refractivity contribution in [2.45, 2.75) is 39.3 Å². The van der Waals surface area contributed by atoms with E-state index in [9.17, 15) is 4.79 Å². The van der Waals surface area contributed by atoms with E-state index in [1.54, 1.807) is 6.92 Å². The second-order valence-electron chi connectivity index (χ2n) is 6.86. The summed E-state index contributed by atoms with van der Waals surface area (Å²) in [6.07, 6.45) is 1.84. The number of hydrogen-bond acceptors (Lipinski definition) is 4. The lowest BCUT2D eigenvalue weighted by Gasteiger charge is -2.11. The van der Waals surface area contributed by atoms with Gasteiger partial charge in [-0.2, -0.15) is 5.10 Å². The van der Waals surface area contributed by atoms with E-state index in [1.165, 1.54) is 0 Å². The average Bonchev–Trinajstić information content (AvgIpc) is 3.14. The number of carboxylic acids is 1. The van der Waals surface area contributed by atoms with Crippen LogP contribution in [-0.4, -0.2) is 34.1 Å². The zero-order chi connectivity index (χ0) is 21.3. The molecule has 0 aliphatic heterocycles. The van der Waals surface area contributed by atoms with Crippen molar-refractivity contribution in [3.8, 4) is 17.6 Å². The number of benzene rings is 2. The van der Waals surface area contributed by atoms with Crippen molar-refractivity contribution in [3.63, 3.8) is 0 Å². The summed E-state index contributed by atoms with van der Waals surface area (Å²) in [6, 6.07) is 13.6. The zero-order valence-corrected chi connectivity index (χ0v) is 17.3. The number of aliphatic carboxylic acids is 1. The Hall–Kier alpha value is -3.30. The van der Waals surface area contributed by atoms with Crippen molar-refractivity contribution in [1.29, 1.82) is 0 Å². The highest BCUT2D eigenvalue weighted by molar-refractivity contribution is 5.79. The maximum atomic E-state index is 11.0. The number of carbonyl (C=O) groups is 1. The van der Waals surface area contributed by atoms with Gasteiger partial charge in [0.05, 0.1) is 37.2 Å². The summed E-state index contributed by atoms with van der Waals surface area (Å²) < 4.78 is 13.3. The molecule has 0 aliphatic carbocycles. The number of hydrogen-bond donors (Lipinski definition) is 1. The second kappa shape index (κ2) is 10.5. The van der Waals surface area contributed by atoms with E-state index in [0.29, 0.717) is 19.8 Å². The first-order valence-electron chi connectivity index (χ1n) is 9.99. The van der Waals surface area contributed by atoms with Gasteiger partial charge in [0, 0.05) is 12.0 Å². The van der Waals surface area contributed by atoms with Crippen molar-refractivity contribution < 1.29 is 19.4 Å². The lowest BCUT2D eigenvalue weighted by Crippen LogP contribution is -2.07. The van der Waals surface area contributed by atoms with Gasteiger partial charge in [-0.05, 0) is 49.2 Å². The number of ether oxygens (including phenoxy) is 2. The van der Waals surface area contributed by atoms with Crippen molar-refractivity contribution in [1.82, 2.24) is 9.78 Å². The van der Waals surface area contributed by atoms with E-state index < -0.39 is 5.97 Å². The zero-order valence-electron chi connectivity index (χ0n) is 17.3. The van der Waals surface area contributed by atoms with Gasteiger partial charge in [0.15, 0.2) is 0 Å². The summed E-state index contributed by atoms with van der Waals surface area (Å²) in [7, 11) is 0. The predicted octanol–water partition coefficient (Wildman–Crippen LogP) is 4.23. The Kier molecular flexibility index (Phi) is 7.47. The maximum Gasteiger partial charge on any atom is 0.304 e. The molecular weight excluding hydrogens is 380 g/mol. The fourth-order valence-electron chi connectivity index (χ4n) is 3.26. The summed E-state index contributed by atoms with van der Waals surface area (Å²) in [5.41, 5.74) is 3.00. The van der Waals surface area contributed by atoms with Gasteiger partial charge < -0.3 is 14.6 Å². The standard InChI is InChI=1S/C24H26N2O4/c1-3-5-20(15-24(27)28)19-7-9-22(10-8-19)30-17-18-6-11-23-21(14-18)16-25-26(23)12-13-29-4-2/h6-11,14,16,20H,4,12-13,15,17H2,1-2H3,(H,27,28)/t20-/m0/s1. The number of carboxylic acid groups (broad SMARTS) is 1. The molecule has 0 amide bonds. The first-order chi connectivity index (χ1) is 14.6. The summed E-state index contributed by atoms with van der Waals surface area (Å²) in [6.45, 7) is 6.21. The number of aromatic nitrogens is 2. The summed E-state index contributed by atoms with van der Waals surface area (Å²) >= 11 is 0. The van der Waals surface area contributed by atoms with Gasteiger partial charge in [0.25, 0.3) is 0 Å². The molecule has 0 saturated carbocycles. The molecule has 0 unspecified atom stereocenters. The molecule has 0 radical (unpaired) electrons. The van der Waals surface area contributed by atoms with E-state index in [2.05, 4.69) is 29.1 Å². The van der Waals surface area contributed by atoms with Crippen LogP contribution >= 0.6 is 0 Å². The Bertz CT molecular complexity index is 1040. The van der Waals surface area contributed by atoms with Gasteiger partial charge in [0.1, 0.15) is 12.4 Å². The lowest BCUT2D eigenvalue weighted by atomic mass is 9.96. The molecule has 1 heterocycles. The molecule has 156 valence electrons. The third-order valence-corrected chi connectivity index (χ3v) is 4.74. The largest absolute Gasteiger partial charge is 0.489 e. The minimum Gasteiger partial charge on any atom is -0.489 e. The van der Waals surface area contributed by atoms with Gasteiger partial charge in [-0.15, -0.1) is 5.92 Å². The van der Waals surface area contributed by atoms with Crippen molar-refractivity contribution in [2.24, 2.45) is 0 Å². The topological polar surface area (TPSA) is 73.6 Å². The first-order valence-corrected chi connectivity index (χ1v) is 9.99. The minimum absolute atomic E-state index is 0.0146. The normalized spacial score (nSPS) is 11.7. The number of rotatable bonds is 10. The molecular formula is C24H26N2O4. The molecule has 2 aromatic carbocycles. The van der Waals surface area contributed by atoms with Crippen molar-refractivity contribution in [3.05, 3.63) is 59.8 Å². The SMILES string of the molecule is CC#C[C@@H](CC(=O)O)c1ccc(OCc2ccc3c(cnn3CCOCC)c2)cc1. The Morgan fingerprint density at radius 3 is 2.73 bits per heavy atom. The van der Waals surface area contributed by atoms with Crippen LogP contribution in [0.25, 0.3) is 10.9 Å². The van der Waals surface area contributed by atoms with E-state index in [4.69, 9.17) is 14.6 Å². The molecule has 6 nitrogen and oxygen atoms in total. The van der Waals surface area contributed by atoms with Crippen LogP contribution < -0.4 is 4.74 Å². The molecule has 1 atom stereocenters. The van der Waals surface area contributed by atoms with Gasteiger partial charge in [0.2, 0.25) is 0 Å². The predicted molar refractivity (Wildman–Crippen MR) is 115 cm³/mol. The maximum absolute atomic E-state index is 11.0. The van der Waals surface area contributed by atoms with Gasteiger partial charge in [-0.3, -0.25) is 9.48 Å². The van der Waals surface area contributed by atoms with Crippen LogP contribution in [0.1, 0.15) is 37.3 Å². The van der Waals surface area contributed by atoms with Crippen LogP contribution in [0.5, 0.6) is 5.75 Å². The molecule has 1 aromatic heterocycles. The molecule has 3 rings (SSSR count). The third kappa shape index (κ3) is 5.62. The summed E-state index contributed by atoms with van der Waals surface area (Å²) in [5, 5.41) is 14.6. The number of nitrogens with zero attached hydrogens (tertiary/aromatic N) is 2. The van der Waals surface area contributed by atoms with Crippen LogP contribution in [0, 0.1) is 11.8 Å². The number of fused-ring (bicyclic) bond motifs is 1. The Balaban J connectivity index is 1.62. The lowest BCUT2D eigenvalue weighted by molar-refractivity contribution is -0.137. The molecule has 6 heteroatoms. The van der Waals surface area contributed by atoms with Gasteiger partial charge in [-0.25, -0.2) is 0 Å². The summed E-state index contributed by atoms with van der Waals surface area (Å²) in [5.74, 6) is 5.31. The Labute approximate surface area is 176 Å². The fourth-order valence-corrected chi connectivity index (χ4v) is 3.26. The Morgan fingerprint density at radius 1 is 1.23 bits per heavy atom. The van der Waals surface area contributed by atoms with Crippen molar-refractivity contribution >= 4 is 16.9 Å². The van der Waals surface area contributed by atoms with E-state index in [1.807, 2.05) is 48.1 Å². The average molecular weight is 406 g/mol. The van der Waals surface area contributed by atoms with Crippen LogP contribution in [-0.2, 0) is 22.7 Å². The fraction of sp³-hybridized carbons (Fsp3) is 0.333. The first kappa shape index (κ1) is 21.4. The van der Waals surface area contributed by atoms with E-state index >= 15 is 0 Å². The molecule has 30 heavy (non-hydrogen) atoms. The molecule has 0 saturated heterocycles. The monoisotopic (exact) mass is 406 g/mol. The smallest absolute Gasteiger partial charge is 0.304 e. The molecule has 0 bridgehead atoms.